The normalized spacial score (nSPS) is 46.0. The molecule has 6 aliphatic rings. The fourth-order valence-corrected chi connectivity index (χ4v) is 5.10. The molecule has 128 valence electrons. The van der Waals surface area contributed by atoms with Gasteiger partial charge in [-0.05, 0) is 23.7 Å². The van der Waals surface area contributed by atoms with Crippen LogP contribution in [0.3, 0.4) is 0 Å². The van der Waals surface area contributed by atoms with Crippen LogP contribution in [0.1, 0.15) is 33.1 Å². The summed E-state index contributed by atoms with van der Waals surface area (Å²) in [6, 6.07) is 0.598. The molecule has 2 N–H and O–H groups in total. The second-order valence-corrected chi connectivity index (χ2v) is 8.33. The zero-order valence-corrected chi connectivity index (χ0v) is 13.9. The molecule has 0 aromatic rings. The molecule has 0 aromatic carbocycles. The van der Waals surface area contributed by atoms with E-state index >= 15 is 0 Å². The van der Waals surface area contributed by atoms with Crippen LogP contribution < -0.4 is 10.6 Å². The number of ether oxygens (including phenoxy) is 2. The first-order valence-corrected chi connectivity index (χ1v) is 8.73. The first-order valence-electron chi connectivity index (χ1n) is 8.73. The highest BCUT2D eigenvalue weighted by molar-refractivity contribution is 5.77. The minimum absolute atomic E-state index is 0.00155. The van der Waals surface area contributed by atoms with Crippen molar-refractivity contribution < 1.29 is 19.1 Å². The summed E-state index contributed by atoms with van der Waals surface area (Å²) in [5.41, 5.74) is 0.167. The van der Waals surface area contributed by atoms with Gasteiger partial charge in [-0.2, -0.15) is 0 Å². The number of carbonyl (C=O) groups excluding carboxylic acids is 2. The molecule has 6 rings (SSSR count). The lowest BCUT2D eigenvalue weighted by atomic mass is 9.62. The summed E-state index contributed by atoms with van der Waals surface area (Å²) >= 11 is 0. The first-order chi connectivity index (χ1) is 10.9. The van der Waals surface area contributed by atoms with E-state index in [-0.39, 0.29) is 34.6 Å². The summed E-state index contributed by atoms with van der Waals surface area (Å²) in [6.07, 6.45) is 2.71. The standard InChI is InChI=1S/C17H26N2O4/c1-16-6-10(18-8-16)12(16)14(20)22-4-3-5-23-15(21)13-11-7-17(13,2)9-19-11/h10-13,18-19H,3-9H2,1-2H3/t10-,11-,12+,13+,16-,17-/m1/s1. The van der Waals surface area contributed by atoms with Gasteiger partial charge in [0.2, 0.25) is 0 Å². The van der Waals surface area contributed by atoms with Gasteiger partial charge in [-0.25, -0.2) is 0 Å². The average molecular weight is 322 g/mol. The minimum atomic E-state index is -0.103. The molecular formula is C17H26N2O4. The van der Waals surface area contributed by atoms with Gasteiger partial charge in [0.25, 0.3) is 0 Å². The Bertz CT molecular complexity index is 485. The summed E-state index contributed by atoms with van der Waals surface area (Å²) in [7, 11) is 0. The van der Waals surface area contributed by atoms with E-state index in [0.717, 1.165) is 25.9 Å². The van der Waals surface area contributed by atoms with Crippen LogP contribution in [0.5, 0.6) is 0 Å². The summed E-state index contributed by atoms with van der Waals surface area (Å²) in [5, 5.41) is 6.70. The predicted octanol–water partition coefficient (Wildman–Crippen LogP) is 0.459. The highest BCUT2D eigenvalue weighted by Crippen LogP contribution is 2.52. The second-order valence-electron chi connectivity index (χ2n) is 8.33. The van der Waals surface area contributed by atoms with Crippen molar-refractivity contribution in [3.63, 3.8) is 0 Å². The number of carbonyl (C=O) groups is 2. The van der Waals surface area contributed by atoms with Crippen LogP contribution in [-0.4, -0.2) is 50.3 Å². The predicted molar refractivity (Wildman–Crippen MR) is 82.5 cm³/mol. The van der Waals surface area contributed by atoms with Gasteiger partial charge in [0, 0.05) is 31.6 Å². The van der Waals surface area contributed by atoms with Crippen LogP contribution >= 0.6 is 0 Å². The van der Waals surface area contributed by atoms with Crippen molar-refractivity contribution in [3.05, 3.63) is 0 Å². The van der Waals surface area contributed by atoms with Crippen LogP contribution in [0.4, 0.5) is 0 Å². The van der Waals surface area contributed by atoms with E-state index in [1.165, 1.54) is 0 Å². The molecule has 0 spiro atoms. The number of hydrogen-bond acceptors (Lipinski definition) is 6. The Balaban J connectivity index is 1.13. The van der Waals surface area contributed by atoms with Gasteiger partial charge in [-0.1, -0.05) is 13.8 Å². The molecule has 0 amide bonds. The molecular weight excluding hydrogens is 296 g/mol. The van der Waals surface area contributed by atoms with E-state index in [1.54, 1.807) is 0 Å². The maximum absolute atomic E-state index is 12.1. The van der Waals surface area contributed by atoms with Gasteiger partial charge in [0.05, 0.1) is 25.0 Å². The molecule has 6 heteroatoms. The van der Waals surface area contributed by atoms with Crippen molar-refractivity contribution in [2.45, 2.75) is 45.2 Å². The Morgan fingerprint density at radius 2 is 1.35 bits per heavy atom. The van der Waals surface area contributed by atoms with Gasteiger partial charge in [0.15, 0.2) is 0 Å². The highest BCUT2D eigenvalue weighted by atomic mass is 16.5. The van der Waals surface area contributed by atoms with Gasteiger partial charge >= 0.3 is 11.9 Å². The Labute approximate surface area is 136 Å². The zero-order chi connectivity index (χ0) is 16.2. The van der Waals surface area contributed by atoms with E-state index in [0.29, 0.717) is 31.7 Å². The molecule has 2 saturated carbocycles. The smallest absolute Gasteiger partial charge is 0.311 e. The fraction of sp³-hybridized carbons (Fsp3) is 0.882. The summed E-state index contributed by atoms with van der Waals surface area (Å²) in [4.78, 5) is 24.2. The number of nitrogens with one attached hydrogen (secondary N) is 2. The van der Waals surface area contributed by atoms with Crippen molar-refractivity contribution >= 4 is 11.9 Å². The van der Waals surface area contributed by atoms with Crippen LogP contribution in [-0.2, 0) is 19.1 Å². The molecule has 6 nitrogen and oxygen atoms in total. The quantitative estimate of drug-likeness (QED) is 0.546. The topological polar surface area (TPSA) is 76.7 Å². The highest BCUT2D eigenvalue weighted by Gasteiger charge is 2.61. The third kappa shape index (κ3) is 2.30. The molecule has 4 saturated heterocycles. The molecule has 4 bridgehead atoms. The van der Waals surface area contributed by atoms with E-state index < -0.39 is 0 Å². The maximum atomic E-state index is 12.1. The molecule has 2 aliphatic carbocycles. The Morgan fingerprint density at radius 1 is 0.913 bits per heavy atom. The first kappa shape index (κ1) is 15.4. The van der Waals surface area contributed by atoms with Gasteiger partial charge in [-0.15, -0.1) is 0 Å². The van der Waals surface area contributed by atoms with Gasteiger partial charge < -0.3 is 20.1 Å². The van der Waals surface area contributed by atoms with E-state index in [1.807, 2.05) is 0 Å². The molecule has 4 heterocycles. The largest absolute Gasteiger partial charge is 0.465 e. The summed E-state index contributed by atoms with van der Waals surface area (Å²) in [6.45, 7) is 6.75. The summed E-state index contributed by atoms with van der Waals surface area (Å²) in [5.74, 6) is -0.203. The van der Waals surface area contributed by atoms with E-state index in [4.69, 9.17) is 9.47 Å². The maximum Gasteiger partial charge on any atom is 0.311 e. The lowest BCUT2D eigenvalue weighted by Gasteiger charge is -2.41. The van der Waals surface area contributed by atoms with Crippen LogP contribution in [0.25, 0.3) is 0 Å². The lowest BCUT2D eigenvalue weighted by molar-refractivity contribution is -0.160. The average Bonchev–Trinajstić information content (AvgIpc) is 3.17. The number of fused-ring (bicyclic) bond motifs is 2. The Hall–Kier alpha value is -1.14. The fourth-order valence-electron chi connectivity index (χ4n) is 5.10. The van der Waals surface area contributed by atoms with Crippen molar-refractivity contribution in [1.29, 1.82) is 0 Å². The molecule has 0 radical (unpaired) electrons. The van der Waals surface area contributed by atoms with Crippen molar-refractivity contribution in [2.75, 3.05) is 26.3 Å². The second kappa shape index (κ2) is 5.18. The van der Waals surface area contributed by atoms with E-state index in [2.05, 4.69) is 24.5 Å². The SMILES string of the molecule is C[C@]12CN[C@H](C1)[C@H]2C(=O)OCCCOC(=O)[C@@H]1[C@H]2C[C@]1(C)CN2. The molecule has 0 unspecified atom stereocenters. The Morgan fingerprint density at radius 3 is 1.65 bits per heavy atom. The van der Waals surface area contributed by atoms with Crippen LogP contribution in [0.15, 0.2) is 0 Å². The van der Waals surface area contributed by atoms with Crippen molar-refractivity contribution in [3.8, 4) is 0 Å². The molecule has 6 atom stereocenters. The zero-order valence-electron chi connectivity index (χ0n) is 13.9. The van der Waals surface area contributed by atoms with Crippen LogP contribution in [0, 0.1) is 22.7 Å². The third-order valence-electron chi connectivity index (χ3n) is 6.50. The van der Waals surface area contributed by atoms with Gasteiger partial charge in [-0.3, -0.25) is 9.59 Å². The third-order valence-corrected chi connectivity index (χ3v) is 6.50. The molecule has 23 heavy (non-hydrogen) atoms. The Kier molecular flexibility index (Phi) is 3.47. The molecule has 0 aromatic heterocycles. The lowest BCUT2D eigenvalue weighted by Crippen LogP contribution is -2.49. The molecule has 4 aliphatic heterocycles. The number of esters is 2. The van der Waals surface area contributed by atoms with E-state index in [9.17, 15) is 9.59 Å². The van der Waals surface area contributed by atoms with Crippen molar-refractivity contribution in [2.24, 2.45) is 22.7 Å². The molecule has 6 fully saturated rings. The van der Waals surface area contributed by atoms with Crippen LogP contribution in [0.2, 0.25) is 0 Å². The monoisotopic (exact) mass is 322 g/mol. The number of rotatable bonds is 6. The summed E-state index contributed by atoms with van der Waals surface area (Å²) < 4.78 is 10.7. The van der Waals surface area contributed by atoms with Gasteiger partial charge in [0.1, 0.15) is 0 Å². The number of hydrogen-bond donors (Lipinski definition) is 2. The van der Waals surface area contributed by atoms with Crippen molar-refractivity contribution in [1.82, 2.24) is 10.6 Å². The minimum Gasteiger partial charge on any atom is -0.465 e.